The SMILES string of the molecule is Cc1nnc(N2CCN(S(=O)(=O)C3CC3)CC2)s1. The molecule has 2 fully saturated rings. The maximum absolute atomic E-state index is 12.1. The number of aryl methyl sites for hydroxylation is 1. The molecule has 2 aliphatic rings. The second kappa shape index (κ2) is 4.43. The van der Waals surface area contributed by atoms with Gasteiger partial charge in [0.15, 0.2) is 0 Å². The lowest BCUT2D eigenvalue weighted by atomic mass is 10.4. The summed E-state index contributed by atoms with van der Waals surface area (Å²) in [6.07, 6.45) is 1.66. The molecular weight excluding hydrogens is 272 g/mol. The Morgan fingerprint density at radius 2 is 1.83 bits per heavy atom. The van der Waals surface area contributed by atoms with Crippen LogP contribution in [0.4, 0.5) is 5.13 Å². The van der Waals surface area contributed by atoms with Crippen LogP contribution < -0.4 is 4.90 Å². The monoisotopic (exact) mass is 288 g/mol. The Hall–Kier alpha value is -0.730. The lowest BCUT2D eigenvalue weighted by Gasteiger charge is -2.33. The van der Waals surface area contributed by atoms with Crippen molar-refractivity contribution in [1.29, 1.82) is 0 Å². The quantitative estimate of drug-likeness (QED) is 0.808. The van der Waals surface area contributed by atoms with Crippen molar-refractivity contribution in [3.8, 4) is 0 Å². The van der Waals surface area contributed by atoms with Crippen LogP contribution in [0.1, 0.15) is 17.8 Å². The third-order valence-electron chi connectivity index (χ3n) is 3.33. The Bertz CT molecular complexity index is 530. The maximum atomic E-state index is 12.1. The summed E-state index contributed by atoms with van der Waals surface area (Å²) in [5.74, 6) is 0. The molecule has 8 heteroatoms. The van der Waals surface area contributed by atoms with Gasteiger partial charge < -0.3 is 4.90 Å². The molecule has 3 rings (SSSR count). The van der Waals surface area contributed by atoms with Crippen molar-refractivity contribution in [2.45, 2.75) is 25.0 Å². The molecule has 2 heterocycles. The molecule has 100 valence electrons. The van der Waals surface area contributed by atoms with Crippen LogP contribution >= 0.6 is 11.3 Å². The normalized spacial score (nSPS) is 22.4. The van der Waals surface area contributed by atoms with E-state index in [1.807, 2.05) is 6.92 Å². The van der Waals surface area contributed by atoms with Crippen molar-refractivity contribution in [3.05, 3.63) is 5.01 Å². The molecule has 0 amide bonds. The van der Waals surface area contributed by atoms with Crippen LogP contribution in [0.2, 0.25) is 0 Å². The lowest BCUT2D eigenvalue weighted by molar-refractivity contribution is 0.384. The van der Waals surface area contributed by atoms with E-state index in [4.69, 9.17) is 0 Å². The fourth-order valence-corrected chi connectivity index (χ4v) is 4.69. The first-order chi connectivity index (χ1) is 8.57. The fraction of sp³-hybridized carbons (Fsp3) is 0.800. The van der Waals surface area contributed by atoms with Gasteiger partial charge in [-0.1, -0.05) is 11.3 Å². The molecule has 1 saturated carbocycles. The molecule has 1 aliphatic heterocycles. The van der Waals surface area contributed by atoms with Crippen LogP contribution in [0.25, 0.3) is 0 Å². The standard InChI is InChI=1S/C10H16N4O2S2/c1-8-11-12-10(17-8)13-4-6-14(7-5-13)18(15,16)9-2-3-9/h9H,2-7H2,1H3. The molecule has 0 N–H and O–H groups in total. The molecule has 18 heavy (non-hydrogen) atoms. The van der Waals surface area contributed by atoms with Crippen LogP contribution in [-0.2, 0) is 10.0 Å². The average Bonchev–Trinajstić information content (AvgIpc) is 3.13. The van der Waals surface area contributed by atoms with E-state index in [0.29, 0.717) is 26.2 Å². The van der Waals surface area contributed by atoms with E-state index < -0.39 is 10.0 Å². The van der Waals surface area contributed by atoms with E-state index in [0.717, 1.165) is 23.0 Å². The number of sulfonamides is 1. The Morgan fingerprint density at radius 1 is 1.17 bits per heavy atom. The van der Waals surface area contributed by atoms with Crippen LogP contribution in [-0.4, -0.2) is 54.3 Å². The summed E-state index contributed by atoms with van der Waals surface area (Å²) in [4.78, 5) is 2.11. The first-order valence-corrected chi connectivity index (χ1v) is 8.43. The molecule has 1 aliphatic carbocycles. The summed E-state index contributed by atoms with van der Waals surface area (Å²) in [6, 6.07) is 0. The molecule has 0 radical (unpaired) electrons. The highest BCUT2D eigenvalue weighted by Crippen LogP contribution is 2.32. The van der Waals surface area contributed by atoms with Gasteiger partial charge in [0.2, 0.25) is 15.2 Å². The molecule has 0 unspecified atom stereocenters. The zero-order chi connectivity index (χ0) is 12.8. The van der Waals surface area contributed by atoms with Gasteiger partial charge in [-0.05, 0) is 19.8 Å². The van der Waals surface area contributed by atoms with Crippen LogP contribution in [0, 0.1) is 6.92 Å². The molecule has 6 nitrogen and oxygen atoms in total. The number of anilines is 1. The van der Waals surface area contributed by atoms with Crippen LogP contribution in [0.3, 0.4) is 0 Å². The summed E-state index contributed by atoms with van der Waals surface area (Å²) in [5, 5.41) is 9.83. The molecule has 0 aromatic carbocycles. The largest absolute Gasteiger partial charge is 0.344 e. The third kappa shape index (κ3) is 2.24. The predicted molar refractivity (Wildman–Crippen MR) is 70.4 cm³/mol. The van der Waals surface area contributed by atoms with Gasteiger partial charge in [0.05, 0.1) is 5.25 Å². The van der Waals surface area contributed by atoms with Crippen molar-refractivity contribution in [2.75, 3.05) is 31.1 Å². The van der Waals surface area contributed by atoms with Gasteiger partial charge in [0, 0.05) is 26.2 Å². The highest BCUT2D eigenvalue weighted by atomic mass is 32.2. The van der Waals surface area contributed by atoms with E-state index in [1.54, 1.807) is 15.6 Å². The highest BCUT2D eigenvalue weighted by Gasteiger charge is 2.41. The lowest BCUT2D eigenvalue weighted by Crippen LogP contribution is -2.49. The molecule has 1 aromatic rings. The Labute approximate surface area is 111 Å². The Balaban J connectivity index is 1.64. The molecule has 0 bridgehead atoms. The molecule has 0 spiro atoms. The first-order valence-electron chi connectivity index (χ1n) is 6.11. The second-order valence-corrected chi connectivity index (χ2v) is 8.11. The number of hydrogen-bond acceptors (Lipinski definition) is 6. The average molecular weight is 288 g/mol. The first kappa shape index (κ1) is 12.3. The van der Waals surface area contributed by atoms with E-state index >= 15 is 0 Å². The summed E-state index contributed by atoms with van der Waals surface area (Å²) >= 11 is 1.56. The summed E-state index contributed by atoms with van der Waals surface area (Å²) in [5.41, 5.74) is 0. The number of nitrogens with zero attached hydrogens (tertiary/aromatic N) is 4. The van der Waals surface area contributed by atoms with Crippen molar-refractivity contribution in [1.82, 2.24) is 14.5 Å². The van der Waals surface area contributed by atoms with Gasteiger partial charge in [0.25, 0.3) is 0 Å². The summed E-state index contributed by atoms with van der Waals surface area (Å²) in [7, 11) is -3.02. The zero-order valence-corrected chi connectivity index (χ0v) is 11.9. The minimum Gasteiger partial charge on any atom is -0.344 e. The van der Waals surface area contributed by atoms with Gasteiger partial charge in [0.1, 0.15) is 5.01 Å². The molecular formula is C10H16N4O2S2. The molecule has 0 atom stereocenters. The van der Waals surface area contributed by atoms with Crippen molar-refractivity contribution < 1.29 is 8.42 Å². The fourth-order valence-electron chi connectivity index (χ4n) is 2.12. The van der Waals surface area contributed by atoms with Gasteiger partial charge in [-0.2, -0.15) is 4.31 Å². The van der Waals surface area contributed by atoms with Crippen molar-refractivity contribution in [3.63, 3.8) is 0 Å². The maximum Gasteiger partial charge on any atom is 0.217 e. The van der Waals surface area contributed by atoms with Crippen molar-refractivity contribution >= 4 is 26.5 Å². The predicted octanol–water partition coefficient (Wildman–Crippen LogP) is 0.461. The number of aromatic nitrogens is 2. The van der Waals surface area contributed by atoms with E-state index in [1.165, 1.54) is 0 Å². The zero-order valence-electron chi connectivity index (χ0n) is 10.2. The minimum absolute atomic E-state index is 0.104. The van der Waals surface area contributed by atoms with Crippen molar-refractivity contribution in [2.24, 2.45) is 0 Å². The van der Waals surface area contributed by atoms with E-state index in [9.17, 15) is 8.42 Å². The molecule has 1 saturated heterocycles. The van der Waals surface area contributed by atoms with Gasteiger partial charge in [-0.25, -0.2) is 8.42 Å². The van der Waals surface area contributed by atoms with Gasteiger partial charge in [-0.3, -0.25) is 0 Å². The van der Waals surface area contributed by atoms with E-state index in [-0.39, 0.29) is 5.25 Å². The molecule has 1 aromatic heterocycles. The summed E-state index contributed by atoms with van der Waals surface area (Å²) < 4.78 is 25.8. The minimum atomic E-state index is -3.02. The van der Waals surface area contributed by atoms with E-state index in [2.05, 4.69) is 15.1 Å². The number of rotatable bonds is 3. The smallest absolute Gasteiger partial charge is 0.217 e. The van der Waals surface area contributed by atoms with Crippen LogP contribution in [0.5, 0.6) is 0 Å². The van der Waals surface area contributed by atoms with Crippen LogP contribution in [0.15, 0.2) is 0 Å². The highest BCUT2D eigenvalue weighted by molar-refractivity contribution is 7.90. The Morgan fingerprint density at radius 3 is 2.33 bits per heavy atom. The Kier molecular flexibility index (Phi) is 3.03. The number of hydrogen-bond donors (Lipinski definition) is 0. The topological polar surface area (TPSA) is 66.4 Å². The third-order valence-corrected chi connectivity index (χ3v) is 6.63. The number of piperazine rings is 1. The second-order valence-electron chi connectivity index (χ2n) is 4.73. The summed E-state index contributed by atoms with van der Waals surface area (Å²) in [6.45, 7) is 4.48. The van der Waals surface area contributed by atoms with Gasteiger partial charge in [-0.15, -0.1) is 10.2 Å². The van der Waals surface area contributed by atoms with Gasteiger partial charge >= 0.3 is 0 Å².